The highest BCUT2D eigenvalue weighted by molar-refractivity contribution is 6.00. The Labute approximate surface area is 204 Å². The number of hydrogen-bond acceptors (Lipinski definition) is 5. The van der Waals surface area contributed by atoms with Crippen molar-refractivity contribution in [2.24, 2.45) is 0 Å². The summed E-state index contributed by atoms with van der Waals surface area (Å²) < 4.78 is 10.9. The molecule has 2 fully saturated rings. The van der Waals surface area contributed by atoms with E-state index < -0.39 is 6.04 Å². The van der Waals surface area contributed by atoms with Crippen molar-refractivity contribution >= 4 is 34.9 Å². The number of carbonyl (C=O) groups is 3. The molecule has 0 saturated carbocycles. The zero-order chi connectivity index (χ0) is 24.8. The van der Waals surface area contributed by atoms with Gasteiger partial charge in [-0.25, -0.2) is 4.79 Å². The number of carbonyl (C=O) groups excluding carboxylic acids is 3. The molecule has 0 radical (unpaired) electrons. The maximum atomic E-state index is 13.2. The molecule has 0 spiro atoms. The number of benzene rings is 2. The minimum absolute atomic E-state index is 0.0626. The minimum atomic E-state index is -0.697. The number of morpholine rings is 1. The molecular formula is C26H28N4O5. The van der Waals surface area contributed by atoms with Crippen LogP contribution >= 0.6 is 0 Å². The third-order valence-corrected chi connectivity index (χ3v) is 5.96. The zero-order valence-corrected chi connectivity index (χ0v) is 19.5. The van der Waals surface area contributed by atoms with Gasteiger partial charge in [0.1, 0.15) is 12.6 Å². The normalized spacial score (nSPS) is 19.8. The van der Waals surface area contributed by atoms with Crippen molar-refractivity contribution in [1.82, 2.24) is 4.90 Å². The van der Waals surface area contributed by atoms with Gasteiger partial charge in [0.05, 0.1) is 12.7 Å². The first-order valence-electron chi connectivity index (χ1n) is 11.5. The molecule has 0 aliphatic carbocycles. The molecule has 9 heteroatoms. The summed E-state index contributed by atoms with van der Waals surface area (Å²) in [5, 5.41) is 5.71. The van der Waals surface area contributed by atoms with Crippen LogP contribution in [0.25, 0.3) is 0 Å². The van der Waals surface area contributed by atoms with E-state index in [0.29, 0.717) is 49.7 Å². The summed E-state index contributed by atoms with van der Waals surface area (Å²) in [4.78, 5) is 41.4. The van der Waals surface area contributed by atoms with Crippen LogP contribution < -0.4 is 15.5 Å². The van der Waals surface area contributed by atoms with E-state index >= 15 is 0 Å². The van der Waals surface area contributed by atoms with Gasteiger partial charge in [0.15, 0.2) is 0 Å². The summed E-state index contributed by atoms with van der Waals surface area (Å²) in [6.07, 6.45) is 5.54. The molecule has 0 aromatic heterocycles. The molecule has 2 atom stereocenters. The SMILES string of the molecule is C#Cc1ccc(NC(=O)N2C[C@H](OCC)C[C@@H]2C(=O)Nc2ccc(N3CCOCC3=O)cc2)cc1. The average molecular weight is 477 g/mol. The topological polar surface area (TPSA) is 100 Å². The van der Waals surface area contributed by atoms with Gasteiger partial charge in [-0.3, -0.25) is 9.59 Å². The Morgan fingerprint density at radius 3 is 2.46 bits per heavy atom. The first-order chi connectivity index (χ1) is 17.0. The maximum absolute atomic E-state index is 13.2. The molecular weight excluding hydrogens is 448 g/mol. The first kappa shape index (κ1) is 24.3. The van der Waals surface area contributed by atoms with E-state index in [2.05, 4.69) is 16.6 Å². The highest BCUT2D eigenvalue weighted by Gasteiger charge is 2.40. The van der Waals surface area contributed by atoms with Gasteiger partial charge in [0.25, 0.3) is 5.91 Å². The Kier molecular flexibility index (Phi) is 7.65. The molecule has 2 aliphatic rings. The van der Waals surface area contributed by atoms with E-state index in [9.17, 15) is 14.4 Å². The largest absolute Gasteiger partial charge is 0.377 e. The molecule has 4 amide bonds. The maximum Gasteiger partial charge on any atom is 0.322 e. The van der Waals surface area contributed by atoms with Crippen molar-refractivity contribution < 1.29 is 23.9 Å². The van der Waals surface area contributed by atoms with Gasteiger partial charge in [0.2, 0.25) is 5.91 Å². The number of terminal acetylenes is 1. The second-order valence-electron chi connectivity index (χ2n) is 8.27. The number of nitrogens with zero attached hydrogens (tertiary/aromatic N) is 2. The predicted molar refractivity (Wildman–Crippen MR) is 132 cm³/mol. The van der Waals surface area contributed by atoms with Crippen molar-refractivity contribution in [3.63, 3.8) is 0 Å². The van der Waals surface area contributed by atoms with E-state index in [0.717, 1.165) is 5.69 Å². The highest BCUT2D eigenvalue weighted by Crippen LogP contribution is 2.25. The van der Waals surface area contributed by atoms with Gasteiger partial charge >= 0.3 is 6.03 Å². The molecule has 2 saturated heterocycles. The standard InChI is InChI=1S/C26H28N4O5/c1-3-18-5-7-20(8-6-18)28-26(33)30-16-22(35-4-2)15-23(30)25(32)27-19-9-11-21(12-10-19)29-13-14-34-17-24(29)31/h1,5-12,22-23H,4,13-17H2,2H3,(H,27,32)(H,28,33)/t22-,23-/m1/s1. The van der Waals surface area contributed by atoms with Crippen molar-refractivity contribution in [2.75, 3.05) is 48.4 Å². The van der Waals surface area contributed by atoms with Crippen LogP contribution in [-0.2, 0) is 19.1 Å². The van der Waals surface area contributed by atoms with Gasteiger partial charge in [-0.05, 0) is 55.5 Å². The Hall–Kier alpha value is -3.87. The van der Waals surface area contributed by atoms with Crippen LogP contribution in [0.3, 0.4) is 0 Å². The molecule has 4 rings (SSSR count). The molecule has 182 valence electrons. The Morgan fingerprint density at radius 1 is 1.11 bits per heavy atom. The lowest BCUT2D eigenvalue weighted by molar-refractivity contribution is -0.125. The van der Waals surface area contributed by atoms with Gasteiger partial charge < -0.3 is 29.9 Å². The molecule has 2 aliphatic heterocycles. The smallest absolute Gasteiger partial charge is 0.322 e. The van der Waals surface area contributed by atoms with Crippen LogP contribution in [0.4, 0.5) is 21.9 Å². The third-order valence-electron chi connectivity index (χ3n) is 5.96. The van der Waals surface area contributed by atoms with Crippen molar-refractivity contribution in [3.8, 4) is 12.3 Å². The fourth-order valence-electron chi connectivity index (χ4n) is 4.21. The summed E-state index contributed by atoms with van der Waals surface area (Å²) in [5.41, 5.74) is 2.61. The molecule has 2 aromatic carbocycles. The second-order valence-corrected chi connectivity index (χ2v) is 8.27. The predicted octanol–water partition coefficient (Wildman–Crippen LogP) is 2.68. The van der Waals surface area contributed by atoms with Crippen molar-refractivity contribution in [2.45, 2.75) is 25.5 Å². The number of hydrogen-bond donors (Lipinski definition) is 2. The van der Waals surface area contributed by atoms with Crippen LogP contribution in [-0.4, -0.2) is 67.8 Å². The highest BCUT2D eigenvalue weighted by atomic mass is 16.5. The van der Waals surface area contributed by atoms with Gasteiger partial charge in [-0.2, -0.15) is 0 Å². The number of likely N-dealkylation sites (tertiary alicyclic amines) is 1. The van der Waals surface area contributed by atoms with Gasteiger partial charge in [-0.1, -0.05) is 5.92 Å². The van der Waals surface area contributed by atoms with E-state index in [4.69, 9.17) is 15.9 Å². The molecule has 0 bridgehead atoms. The molecule has 0 unspecified atom stereocenters. The average Bonchev–Trinajstić information content (AvgIpc) is 3.30. The quantitative estimate of drug-likeness (QED) is 0.625. The number of anilines is 3. The van der Waals surface area contributed by atoms with Crippen LogP contribution in [0, 0.1) is 12.3 Å². The lowest BCUT2D eigenvalue weighted by Gasteiger charge is -2.27. The molecule has 2 N–H and O–H groups in total. The van der Waals surface area contributed by atoms with E-state index in [1.807, 2.05) is 6.92 Å². The lowest BCUT2D eigenvalue weighted by Crippen LogP contribution is -2.45. The summed E-state index contributed by atoms with van der Waals surface area (Å²) in [7, 11) is 0. The van der Waals surface area contributed by atoms with Crippen molar-refractivity contribution in [3.05, 3.63) is 54.1 Å². The molecule has 2 aromatic rings. The molecule has 35 heavy (non-hydrogen) atoms. The Balaban J connectivity index is 1.43. The van der Waals surface area contributed by atoms with Crippen molar-refractivity contribution in [1.29, 1.82) is 0 Å². The van der Waals surface area contributed by atoms with Crippen LogP contribution in [0.2, 0.25) is 0 Å². The number of urea groups is 1. The molecule has 2 heterocycles. The fraction of sp³-hybridized carbons (Fsp3) is 0.346. The Morgan fingerprint density at radius 2 is 1.80 bits per heavy atom. The van der Waals surface area contributed by atoms with E-state index in [1.165, 1.54) is 4.90 Å². The fourth-order valence-corrected chi connectivity index (χ4v) is 4.21. The summed E-state index contributed by atoms with van der Waals surface area (Å²) >= 11 is 0. The number of rotatable bonds is 6. The zero-order valence-electron chi connectivity index (χ0n) is 19.5. The third kappa shape index (κ3) is 5.80. The Bertz CT molecular complexity index is 1110. The van der Waals surface area contributed by atoms with Crippen LogP contribution in [0.1, 0.15) is 18.9 Å². The number of nitrogens with one attached hydrogen (secondary N) is 2. The van der Waals surface area contributed by atoms with Crippen LogP contribution in [0.5, 0.6) is 0 Å². The minimum Gasteiger partial charge on any atom is -0.377 e. The monoisotopic (exact) mass is 476 g/mol. The number of ether oxygens (including phenoxy) is 2. The lowest BCUT2D eigenvalue weighted by atomic mass is 10.1. The van der Waals surface area contributed by atoms with Crippen LogP contribution in [0.15, 0.2) is 48.5 Å². The number of amides is 4. The second kappa shape index (κ2) is 11.0. The summed E-state index contributed by atoms with van der Waals surface area (Å²) in [6, 6.07) is 12.9. The van der Waals surface area contributed by atoms with E-state index in [-0.39, 0.29) is 30.6 Å². The summed E-state index contributed by atoms with van der Waals surface area (Å²) in [6.45, 7) is 3.71. The van der Waals surface area contributed by atoms with Gasteiger partial charge in [-0.15, -0.1) is 6.42 Å². The van der Waals surface area contributed by atoms with Gasteiger partial charge in [0, 0.05) is 48.7 Å². The summed E-state index contributed by atoms with van der Waals surface area (Å²) in [5.74, 6) is 2.13. The first-order valence-corrected chi connectivity index (χ1v) is 11.5. The molecule has 9 nitrogen and oxygen atoms in total. The van der Waals surface area contributed by atoms with E-state index in [1.54, 1.807) is 53.4 Å².